The number of amides is 1. The van der Waals surface area contributed by atoms with E-state index in [4.69, 9.17) is 5.26 Å². The van der Waals surface area contributed by atoms with E-state index in [1.807, 2.05) is 6.07 Å². The van der Waals surface area contributed by atoms with E-state index in [1.165, 1.54) is 11.1 Å². The topological polar surface area (TPSA) is 69.0 Å². The van der Waals surface area contributed by atoms with E-state index >= 15 is 0 Å². The molecule has 1 heterocycles. The van der Waals surface area contributed by atoms with Gasteiger partial charge in [-0.3, -0.25) is 4.79 Å². The normalized spacial score (nSPS) is 11.4. The zero-order chi connectivity index (χ0) is 12.1. The number of hydrogen-bond donors (Lipinski definition) is 1. The van der Waals surface area contributed by atoms with E-state index in [-0.39, 0.29) is 11.9 Å². The van der Waals surface area contributed by atoms with Gasteiger partial charge in [0.25, 0.3) is 0 Å². The molecule has 0 aromatic carbocycles. The molecule has 1 N–H and O–H groups in total. The summed E-state index contributed by atoms with van der Waals surface area (Å²) < 4.78 is 0. The van der Waals surface area contributed by atoms with Crippen molar-refractivity contribution in [3.05, 3.63) is 24.0 Å². The van der Waals surface area contributed by atoms with Crippen molar-refractivity contribution in [3.8, 4) is 6.07 Å². The summed E-state index contributed by atoms with van der Waals surface area (Å²) in [5.74, 6) is -0.00985. The first-order chi connectivity index (χ1) is 7.54. The number of carbonyl (C=O) groups excluding carboxylic acids is 1. The van der Waals surface area contributed by atoms with Crippen LogP contribution in [0.1, 0.15) is 12.6 Å². The lowest BCUT2D eigenvalue weighted by molar-refractivity contribution is -0.129. The summed E-state index contributed by atoms with van der Waals surface area (Å²) in [6.07, 6.45) is 1.54. The van der Waals surface area contributed by atoms with E-state index in [0.29, 0.717) is 5.69 Å². The molecule has 16 heavy (non-hydrogen) atoms. The molecule has 0 bridgehead atoms. The third kappa shape index (κ3) is 2.95. The van der Waals surface area contributed by atoms with Gasteiger partial charge < -0.3 is 10.2 Å². The van der Waals surface area contributed by atoms with Gasteiger partial charge in [-0.05, 0) is 19.1 Å². The van der Waals surface area contributed by atoms with Crippen molar-refractivity contribution >= 4 is 11.6 Å². The van der Waals surface area contributed by atoms with Crippen molar-refractivity contribution < 1.29 is 4.79 Å². The van der Waals surface area contributed by atoms with Crippen LogP contribution in [0.3, 0.4) is 0 Å². The predicted molar refractivity (Wildman–Crippen MR) is 60.7 cm³/mol. The molecule has 84 valence electrons. The van der Waals surface area contributed by atoms with Gasteiger partial charge in [0.05, 0.1) is 11.9 Å². The number of aromatic nitrogens is 1. The second kappa shape index (κ2) is 5.12. The lowest BCUT2D eigenvalue weighted by Crippen LogP contribution is -2.36. The van der Waals surface area contributed by atoms with Gasteiger partial charge in [0.15, 0.2) is 0 Å². The van der Waals surface area contributed by atoms with Crippen molar-refractivity contribution in [1.29, 1.82) is 5.26 Å². The minimum absolute atomic E-state index is 0.00985. The summed E-state index contributed by atoms with van der Waals surface area (Å²) in [6.45, 7) is 1.78. The highest BCUT2D eigenvalue weighted by Gasteiger charge is 2.14. The molecule has 0 aliphatic rings. The molecule has 1 rings (SSSR count). The molecular formula is C11H14N4O. The molecule has 0 saturated heterocycles. The van der Waals surface area contributed by atoms with Crippen LogP contribution in [0.4, 0.5) is 5.69 Å². The number of pyridine rings is 1. The first-order valence-corrected chi connectivity index (χ1v) is 4.88. The first kappa shape index (κ1) is 12.0. The minimum atomic E-state index is -0.315. The number of likely N-dealkylation sites (N-methyl/N-ethyl adjacent to an activating group) is 1. The van der Waals surface area contributed by atoms with Gasteiger partial charge in [0.2, 0.25) is 5.91 Å². The maximum absolute atomic E-state index is 11.6. The van der Waals surface area contributed by atoms with Gasteiger partial charge in [0.1, 0.15) is 17.8 Å². The Balaban J connectivity index is 2.67. The van der Waals surface area contributed by atoms with Crippen LogP contribution in [-0.4, -0.2) is 35.9 Å². The largest absolute Gasteiger partial charge is 0.373 e. The molecule has 0 aliphatic heterocycles. The van der Waals surface area contributed by atoms with Gasteiger partial charge in [-0.2, -0.15) is 5.26 Å². The Kier molecular flexibility index (Phi) is 3.84. The van der Waals surface area contributed by atoms with E-state index in [1.54, 1.807) is 33.2 Å². The molecule has 0 unspecified atom stereocenters. The van der Waals surface area contributed by atoms with Gasteiger partial charge in [0, 0.05) is 14.1 Å². The monoisotopic (exact) mass is 218 g/mol. The molecule has 5 heteroatoms. The molecule has 0 aliphatic carbocycles. The van der Waals surface area contributed by atoms with Crippen LogP contribution in [0.5, 0.6) is 0 Å². The molecule has 0 fully saturated rings. The molecule has 1 amide bonds. The number of carbonyl (C=O) groups is 1. The average molecular weight is 218 g/mol. The van der Waals surface area contributed by atoms with Crippen molar-refractivity contribution in [3.63, 3.8) is 0 Å². The van der Waals surface area contributed by atoms with E-state index in [2.05, 4.69) is 10.3 Å². The van der Waals surface area contributed by atoms with Crippen molar-refractivity contribution in [2.75, 3.05) is 19.4 Å². The van der Waals surface area contributed by atoms with Crippen LogP contribution >= 0.6 is 0 Å². The molecule has 0 spiro atoms. The van der Waals surface area contributed by atoms with Crippen LogP contribution in [0.2, 0.25) is 0 Å². The van der Waals surface area contributed by atoms with Crippen molar-refractivity contribution in [2.45, 2.75) is 13.0 Å². The zero-order valence-corrected chi connectivity index (χ0v) is 9.56. The molecule has 1 atom stereocenters. The Morgan fingerprint density at radius 2 is 2.25 bits per heavy atom. The van der Waals surface area contributed by atoms with Gasteiger partial charge in [-0.25, -0.2) is 4.98 Å². The molecule has 1 aromatic rings. The fraction of sp³-hybridized carbons (Fsp3) is 0.364. The Hall–Kier alpha value is -2.09. The number of nitrogens with zero attached hydrogens (tertiary/aromatic N) is 3. The molecular weight excluding hydrogens is 204 g/mol. The standard InChI is InChI=1S/C11H14N4O/c1-8(11(16)15(2)3)14-10-5-4-9(6-12)13-7-10/h4-5,7-8,14H,1-3H3/t8-/m0/s1. The molecule has 0 radical (unpaired) electrons. The summed E-state index contributed by atoms with van der Waals surface area (Å²) in [5.41, 5.74) is 1.08. The number of nitrogens with one attached hydrogen (secondary N) is 1. The fourth-order valence-corrected chi connectivity index (χ4v) is 1.24. The Morgan fingerprint density at radius 1 is 1.56 bits per heavy atom. The van der Waals surface area contributed by atoms with E-state index < -0.39 is 0 Å². The highest BCUT2D eigenvalue weighted by atomic mass is 16.2. The van der Waals surface area contributed by atoms with Gasteiger partial charge in [-0.15, -0.1) is 0 Å². The van der Waals surface area contributed by atoms with Gasteiger partial charge >= 0.3 is 0 Å². The minimum Gasteiger partial charge on any atom is -0.373 e. The quantitative estimate of drug-likeness (QED) is 0.816. The zero-order valence-electron chi connectivity index (χ0n) is 9.56. The smallest absolute Gasteiger partial charge is 0.244 e. The Labute approximate surface area is 94.7 Å². The molecule has 0 saturated carbocycles. The maximum atomic E-state index is 11.6. The third-order valence-electron chi connectivity index (χ3n) is 2.07. The number of rotatable bonds is 3. The maximum Gasteiger partial charge on any atom is 0.244 e. The van der Waals surface area contributed by atoms with Crippen LogP contribution in [0, 0.1) is 11.3 Å². The summed E-state index contributed by atoms with van der Waals surface area (Å²) in [4.78, 5) is 17.0. The van der Waals surface area contributed by atoms with Crippen molar-refractivity contribution in [1.82, 2.24) is 9.88 Å². The molecule has 5 nitrogen and oxygen atoms in total. The third-order valence-corrected chi connectivity index (χ3v) is 2.07. The Morgan fingerprint density at radius 3 is 2.69 bits per heavy atom. The summed E-state index contributed by atoms with van der Waals surface area (Å²) in [7, 11) is 3.41. The fourth-order valence-electron chi connectivity index (χ4n) is 1.24. The summed E-state index contributed by atoms with van der Waals surface area (Å²) in [5, 5.41) is 11.6. The SMILES string of the molecule is C[C@H](Nc1ccc(C#N)nc1)C(=O)N(C)C. The second-order valence-electron chi connectivity index (χ2n) is 3.64. The highest BCUT2D eigenvalue weighted by molar-refractivity contribution is 5.83. The van der Waals surface area contributed by atoms with E-state index in [9.17, 15) is 4.79 Å². The average Bonchev–Trinajstić information content (AvgIpc) is 2.28. The first-order valence-electron chi connectivity index (χ1n) is 4.88. The number of hydrogen-bond acceptors (Lipinski definition) is 4. The highest BCUT2D eigenvalue weighted by Crippen LogP contribution is 2.08. The predicted octanol–water partition coefficient (Wildman–Crippen LogP) is 0.842. The lowest BCUT2D eigenvalue weighted by Gasteiger charge is -2.18. The second-order valence-corrected chi connectivity index (χ2v) is 3.64. The van der Waals surface area contributed by atoms with Crippen LogP contribution in [0.25, 0.3) is 0 Å². The summed E-state index contributed by atoms with van der Waals surface area (Å²) >= 11 is 0. The number of anilines is 1. The summed E-state index contributed by atoms with van der Waals surface area (Å²) in [6, 6.07) is 4.95. The van der Waals surface area contributed by atoms with Crippen LogP contribution in [-0.2, 0) is 4.79 Å². The number of nitriles is 1. The van der Waals surface area contributed by atoms with E-state index in [0.717, 1.165) is 5.69 Å². The van der Waals surface area contributed by atoms with Crippen molar-refractivity contribution in [2.24, 2.45) is 0 Å². The van der Waals surface area contributed by atoms with Crippen LogP contribution in [0.15, 0.2) is 18.3 Å². The Bertz CT molecular complexity index is 405. The lowest BCUT2D eigenvalue weighted by atomic mass is 10.2. The van der Waals surface area contributed by atoms with Gasteiger partial charge in [-0.1, -0.05) is 0 Å². The molecule has 1 aromatic heterocycles. The van der Waals surface area contributed by atoms with Crippen LogP contribution < -0.4 is 5.32 Å².